The quantitative estimate of drug-likeness (QED) is 0.677. The molecule has 5 heteroatoms. The average Bonchev–Trinajstić information content (AvgIpc) is 2.46. The lowest BCUT2D eigenvalue weighted by molar-refractivity contribution is -0.0150. The molecule has 110 valence electrons. The predicted molar refractivity (Wildman–Crippen MR) is 75.9 cm³/mol. The highest BCUT2D eigenvalue weighted by atomic mass is 16.5. The number of esters is 1. The highest BCUT2D eigenvalue weighted by Gasteiger charge is 2.27. The SMILES string of the molecule is COc1cccc(N)c1C(=O)OC1CCCC(OC)C1. The van der Waals surface area contributed by atoms with Crippen LogP contribution in [0.5, 0.6) is 5.75 Å². The van der Waals surface area contributed by atoms with Crippen LogP contribution in [0.15, 0.2) is 18.2 Å². The van der Waals surface area contributed by atoms with Crippen LogP contribution in [-0.4, -0.2) is 32.4 Å². The first-order valence-corrected chi connectivity index (χ1v) is 6.82. The fourth-order valence-corrected chi connectivity index (χ4v) is 2.57. The summed E-state index contributed by atoms with van der Waals surface area (Å²) < 4.78 is 16.1. The number of methoxy groups -OCH3 is 2. The van der Waals surface area contributed by atoms with Crippen LogP contribution in [0.1, 0.15) is 36.0 Å². The van der Waals surface area contributed by atoms with Crippen LogP contribution in [0.4, 0.5) is 5.69 Å². The number of ether oxygens (including phenoxy) is 3. The summed E-state index contributed by atoms with van der Waals surface area (Å²) in [5.41, 5.74) is 6.52. The molecule has 2 rings (SSSR count). The van der Waals surface area contributed by atoms with E-state index in [9.17, 15) is 4.79 Å². The van der Waals surface area contributed by atoms with E-state index in [1.807, 2.05) is 0 Å². The molecule has 1 fully saturated rings. The number of hydrogen-bond donors (Lipinski definition) is 1. The van der Waals surface area contributed by atoms with Crippen LogP contribution in [0.25, 0.3) is 0 Å². The van der Waals surface area contributed by atoms with Crippen molar-refractivity contribution in [2.75, 3.05) is 20.0 Å². The van der Waals surface area contributed by atoms with E-state index in [-0.39, 0.29) is 12.2 Å². The van der Waals surface area contributed by atoms with Crippen LogP contribution in [0, 0.1) is 0 Å². The van der Waals surface area contributed by atoms with Crippen molar-refractivity contribution in [2.24, 2.45) is 0 Å². The second kappa shape index (κ2) is 6.61. The minimum Gasteiger partial charge on any atom is -0.496 e. The summed E-state index contributed by atoms with van der Waals surface area (Å²) in [4.78, 5) is 12.3. The molecular weight excluding hydrogens is 258 g/mol. The first-order chi connectivity index (χ1) is 9.65. The van der Waals surface area contributed by atoms with E-state index in [0.29, 0.717) is 17.0 Å². The molecule has 0 saturated heterocycles. The topological polar surface area (TPSA) is 70.8 Å². The molecule has 0 heterocycles. The Morgan fingerprint density at radius 2 is 2.00 bits per heavy atom. The van der Waals surface area contributed by atoms with E-state index in [4.69, 9.17) is 19.9 Å². The first-order valence-electron chi connectivity index (χ1n) is 6.82. The van der Waals surface area contributed by atoms with Crippen LogP contribution in [0.2, 0.25) is 0 Å². The molecule has 2 N–H and O–H groups in total. The maximum absolute atomic E-state index is 12.3. The average molecular weight is 279 g/mol. The number of carbonyl (C=O) groups is 1. The molecule has 0 amide bonds. The summed E-state index contributed by atoms with van der Waals surface area (Å²) in [7, 11) is 3.19. The number of benzene rings is 1. The zero-order valence-electron chi connectivity index (χ0n) is 11.9. The van der Waals surface area contributed by atoms with Gasteiger partial charge in [-0.1, -0.05) is 6.07 Å². The van der Waals surface area contributed by atoms with Crippen molar-refractivity contribution in [1.29, 1.82) is 0 Å². The maximum Gasteiger partial charge on any atom is 0.344 e. The van der Waals surface area contributed by atoms with Gasteiger partial charge in [0.1, 0.15) is 17.4 Å². The third-order valence-corrected chi connectivity index (χ3v) is 3.67. The third kappa shape index (κ3) is 3.22. The van der Waals surface area contributed by atoms with Gasteiger partial charge in [0.05, 0.1) is 13.2 Å². The largest absolute Gasteiger partial charge is 0.496 e. The molecule has 20 heavy (non-hydrogen) atoms. The molecule has 0 aromatic heterocycles. The van der Waals surface area contributed by atoms with E-state index in [2.05, 4.69) is 0 Å². The van der Waals surface area contributed by atoms with Gasteiger partial charge < -0.3 is 19.9 Å². The summed E-state index contributed by atoms with van der Waals surface area (Å²) in [6, 6.07) is 5.11. The Morgan fingerprint density at radius 3 is 2.70 bits per heavy atom. The van der Waals surface area contributed by atoms with Gasteiger partial charge in [-0.15, -0.1) is 0 Å². The summed E-state index contributed by atoms with van der Waals surface area (Å²) in [6.07, 6.45) is 3.65. The van der Waals surface area contributed by atoms with Crippen molar-refractivity contribution in [1.82, 2.24) is 0 Å². The smallest absolute Gasteiger partial charge is 0.344 e. The van der Waals surface area contributed by atoms with E-state index in [0.717, 1.165) is 25.7 Å². The number of nitrogen functional groups attached to an aromatic ring is 1. The van der Waals surface area contributed by atoms with Gasteiger partial charge in [-0.3, -0.25) is 0 Å². The normalized spacial score (nSPS) is 22.3. The van der Waals surface area contributed by atoms with Crippen molar-refractivity contribution in [3.05, 3.63) is 23.8 Å². The molecular formula is C15H21NO4. The van der Waals surface area contributed by atoms with Crippen molar-refractivity contribution >= 4 is 11.7 Å². The second-order valence-corrected chi connectivity index (χ2v) is 4.98. The predicted octanol–water partition coefficient (Wildman–Crippen LogP) is 2.39. The molecule has 1 saturated carbocycles. The van der Waals surface area contributed by atoms with E-state index in [1.54, 1.807) is 25.3 Å². The van der Waals surface area contributed by atoms with Crippen molar-refractivity contribution < 1.29 is 19.0 Å². The fourth-order valence-electron chi connectivity index (χ4n) is 2.57. The molecule has 0 bridgehead atoms. The Bertz CT molecular complexity index is 475. The second-order valence-electron chi connectivity index (χ2n) is 4.98. The van der Waals surface area contributed by atoms with Crippen molar-refractivity contribution in [3.63, 3.8) is 0 Å². The molecule has 0 aliphatic heterocycles. The molecule has 1 aliphatic carbocycles. The summed E-state index contributed by atoms with van der Waals surface area (Å²) in [5, 5.41) is 0. The van der Waals surface area contributed by atoms with Gasteiger partial charge in [0, 0.05) is 19.2 Å². The highest BCUT2D eigenvalue weighted by molar-refractivity contribution is 5.98. The van der Waals surface area contributed by atoms with Crippen LogP contribution in [-0.2, 0) is 9.47 Å². The minimum atomic E-state index is -0.429. The molecule has 1 aromatic carbocycles. The number of carbonyl (C=O) groups excluding carboxylic acids is 1. The van der Waals surface area contributed by atoms with Gasteiger partial charge in [-0.05, 0) is 31.4 Å². The lowest BCUT2D eigenvalue weighted by Gasteiger charge is -2.28. The van der Waals surface area contributed by atoms with Gasteiger partial charge in [-0.2, -0.15) is 0 Å². The van der Waals surface area contributed by atoms with E-state index in [1.165, 1.54) is 7.11 Å². The molecule has 0 spiro atoms. The Balaban J connectivity index is 2.08. The summed E-state index contributed by atoms with van der Waals surface area (Å²) >= 11 is 0. The number of nitrogens with two attached hydrogens (primary N) is 1. The van der Waals surface area contributed by atoms with Crippen molar-refractivity contribution in [3.8, 4) is 5.75 Å². The molecule has 2 atom stereocenters. The fraction of sp³-hybridized carbons (Fsp3) is 0.533. The standard InChI is InChI=1S/C15H21NO4/c1-18-10-5-3-6-11(9-10)20-15(17)14-12(16)7-4-8-13(14)19-2/h4,7-8,10-11H,3,5-6,9,16H2,1-2H3. The molecule has 1 aliphatic rings. The summed E-state index contributed by atoms with van der Waals surface area (Å²) in [5.74, 6) is 0.0100. The van der Waals surface area contributed by atoms with Gasteiger partial charge in [0.25, 0.3) is 0 Å². The van der Waals surface area contributed by atoms with E-state index < -0.39 is 5.97 Å². The van der Waals surface area contributed by atoms with Crippen LogP contribution < -0.4 is 10.5 Å². The lowest BCUT2D eigenvalue weighted by atomic mass is 9.95. The first kappa shape index (κ1) is 14.7. The van der Waals surface area contributed by atoms with Crippen LogP contribution >= 0.6 is 0 Å². The zero-order valence-corrected chi connectivity index (χ0v) is 11.9. The molecule has 2 unspecified atom stereocenters. The van der Waals surface area contributed by atoms with Gasteiger partial charge in [0.15, 0.2) is 0 Å². The number of hydrogen-bond acceptors (Lipinski definition) is 5. The Kier molecular flexibility index (Phi) is 4.84. The van der Waals surface area contributed by atoms with Gasteiger partial charge >= 0.3 is 5.97 Å². The zero-order chi connectivity index (χ0) is 14.5. The molecule has 1 aromatic rings. The molecule has 5 nitrogen and oxygen atoms in total. The van der Waals surface area contributed by atoms with Crippen molar-refractivity contribution in [2.45, 2.75) is 37.9 Å². The van der Waals surface area contributed by atoms with Gasteiger partial charge in [0.2, 0.25) is 0 Å². The number of anilines is 1. The monoisotopic (exact) mass is 279 g/mol. The summed E-state index contributed by atoms with van der Waals surface area (Å²) in [6.45, 7) is 0. The minimum absolute atomic E-state index is 0.120. The lowest BCUT2D eigenvalue weighted by Crippen LogP contribution is -2.29. The Morgan fingerprint density at radius 1 is 1.25 bits per heavy atom. The Labute approximate surface area is 119 Å². The van der Waals surface area contributed by atoms with E-state index >= 15 is 0 Å². The number of rotatable bonds is 4. The molecule has 0 radical (unpaired) electrons. The third-order valence-electron chi connectivity index (χ3n) is 3.67. The highest BCUT2D eigenvalue weighted by Crippen LogP contribution is 2.28. The van der Waals surface area contributed by atoms with Gasteiger partial charge in [-0.25, -0.2) is 4.79 Å². The maximum atomic E-state index is 12.3. The van der Waals surface area contributed by atoms with Crippen LogP contribution in [0.3, 0.4) is 0 Å². The Hall–Kier alpha value is -1.75.